The second-order valence-corrected chi connectivity index (χ2v) is 5.52. The van der Waals surface area contributed by atoms with E-state index in [-0.39, 0.29) is 11.7 Å². The predicted molar refractivity (Wildman–Crippen MR) is 80.8 cm³/mol. The van der Waals surface area contributed by atoms with Crippen LogP contribution in [0.3, 0.4) is 0 Å². The minimum Gasteiger partial charge on any atom is -0.279 e. The summed E-state index contributed by atoms with van der Waals surface area (Å²) in [6.07, 6.45) is 1.70. The second kappa shape index (κ2) is 5.14. The lowest BCUT2D eigenvalue weighted by molar-refractivity contribution is 0.619. The van der Waals surface area contributed by atoms with Crippen LogP contribution >= 0.6 is 27.5 Å². The van der Waals surface area contributed by atoms with Crippen molar-refractivity contribution in [1.29, 1.82) is 0 Å². The molecule has 0 aliphatic rings. The van der Waals surface area contributed by atoms with Gasteiger partial charge in [-0.15, -0.1) is 11.6 Å². The Hall–Kier alpha value is -1.46. The van der Waals surface area contributed by atoms with Crippen molar-refractivity contribution in [1.82, 2.24) is 14.5 Å². The fourth-order valence-electron chi connectivity index (χ4n) is 2.18. The van der Waals surface area contributed by atoms with Gasteiger partial charge in [0, 0.05) is 6.20 Å². The van der Waals surface area contributed by atoms with E-state index in [4.69, 9.17) is 11.6 Å². The van der Waals surface area contributed by atoms with Crippen molar-refractivity contribution in [3.8, 4) is 5.69 Å². The van der Waals surface area contributed by atoms with Crippen molar-refractivity contribution in [2.75, 3.05) is 0 Å². The summed E-state index contributed by atoms with van der Waals surface area (Å²) in [6.45, 7) is 1.84. The molecule has 0 aliphatic heterocycles. The zero-order chi connectivity index (χ0) is 14.3. The Morgan fingerprint density at radius 1 is 1.40 bits per heavy atom. The van der Waals surface area contributed by atoms with Crippen LogP contribution in [0.25, 0.3) is 16.9 Å². The first-order valence-electron chi connectivity index (χ1n) is 5.96. The highest BCUT2D eigenvalue weighted by Gasteiger charge is 2.15. The molecule has 0 radical (unpaired) electrons. The topological polar surface area (TPSA) is 30.7 Å². The Bertz CT molecular complexity index is 800. The number of nitrogens with zero attached hydrogens (tertiary/aromatic N) is 3. The number of alkyl halides is 1. The van der Waals surface area contributed by atoms with Gasteiger partial charge in [0.15, 0.2) is 5.65 Å². The lowest BCUT2D eigenvalue weighted by atomic mass is 10.2. The average molecular weight is 355 g/mol. The van der Waals surface area contributed by atoms with Crippen LogP contribution in [0.2, 0.25) is 0 Å². The van der Waals surface area contributed by atoms with E-state index in [1.54, 1.807) is 12.3 Å². The fraction of sp³-hybridized carbons (Fsp3) is 0.143. The highest BCUT2D eigenvalue weighted by molar-refractivity contribution is 9.10. The maximum absolute atomic E-state index is 13.6. The molecule has 3 rings (SSSR count). The summed E-state index contributed by atoms with van der Waals surface area (Å²) >= 11 is 9.19. The number of imidazole rings is 1. The minimum atomic E-state index is -0.295. The number of pyridine rings is 1. The van der Waals surface area contributed by atoms with Gasteiger partial charge in [0.2, 0.25) is 0 Å². The van der Waals surface area contributed by atoms with Crippen LogP contribution in [0, 0.1) is 12.7 Å². The van der Waals surface area contributed by atoms with E-state index in [0.717, 1.165) is 16.8 Å². The van der Waals surface area contributed by atoms with Crippen LogP contribution in [-0.4, -0.2) is 14.5 Å². The van der Waals surface area contributed by atoms with Gasteiger partial charge in [-0.25, -0.2) is 14.4 Å². The van der Waals surface area contributed by atoms with Crippen molar-refractivity contribution < 1.29 is 4.39 Å². The third kappa shape index (κ3) is 2.11. The molecule has 3 nitrogen and oxygen atoms in total. The molecule has 2 heterocycles. The maximum atomic E-state index is 13.6. The van der Waals surface area contributed by atoms with E-state index in [0.29, 0.717) is 15.9 Å². The van der Waals surface area contributed by atoms with Crippen LogP contribution < -0.4 is 0 Å². The number of aromatic nitrogens is 3. The first-order valence-corrected chi connectivity index (χ1v) is 7.29. The average Bonchev–Trinajstić information content (AvgIpc) is 2.81. The Kier molecular flexibility index (Phi) is 3.48. The van der Waals surface area contributed by atoms with Gasteiger partial charge in [-0.1, -0.05) is 0 Å². The second-order valence-electron chi connectivity index (χ2n) is 4.40. The summed E-state index contributed by atoms with van der Waals surface area (Å²) < 4.78 is 15.8. The van der Waals surface area contributed by atoms with Crippen LogP contribution in [0.1, 0.15) is 11.4 Å². The Labute approximate surface area is 128 Å². The molecule has 0 fully saturated rings. The number of hydrogen-bond donors (Lipinski definition) is 0. The zero-order valence-corrected chi connectivity index (χ0v) is 12.9. The molecule has 6 heteroatoms. The van der Waals surface area contributed by atoms with E-state index >= 15 is 0 Å². The van der Waals surface area contributed by atoms with Crippen LogP contribution in [-0.2, 0) is 5.88 Å². The molecular weight excluding hydrogens is 345 g/mol. The molecule has 2 aromatic heterocycles. The quantitative estimate of drug-likeness (QED) is 0.640. The number of rotatable bonds is 2. The number of halogens is 3. The van der Waals surface area contributed by atoms with E-state index in [2.05, 4.69) is 25.9 Å². The van der Waals surface area contributed by atoms with Gasteiger partial charge in [0.05, 0.1) is 16.0 Å². The minimum absolute atomic E-state index is 0.255. The molecule has 1 aromatic carbocycles. The molecule has 0 unspecified atom stereocenters. The lowest BCUT2D eigenvalue weighted by Crippen LogP contribution is -2.03. The van der Waals surface area contributed by atoms with E-state index in [9.17, 15) is 4.39 Å². The Balaban J connectivity index is 2.36. The molecule has 20 heavy (non-hydrogen) atoms. The van der Waals surface area contributed by atoms with E-state index < -0.39 is 0 Å². The maximum Gasteiger partial charge on any atom is 0.164 e. The number of aryl methyl sites for hydroxylation is 1. The normalized spacial score (nSPS) is 11.2. The zero-order valence-electron chi connectivity index (χ0n) is 10.6. The van der Waals surface area contributed by atoms with E-state index in [1.165, 1.54) is 6.07 Å². The van der Waals surface area contributed by atoms with Crippen molar-refractivity contribution in [3.63, 3.8) is 0 Å². The Morgan fingerprint density at radius 3 is 2.95 bits per heavy atom. The van der Waals surface area contributed by atoms with Crippen molar-refractivity contribution >= 4 is 38.7 Å². The molecule has 3 aromatic rings. The van der Waals surface area contributed by atoms with Gasteiger partial charge in [0.25, 0.3) is 0 Å². The molecule has 0 saturated carbocycles. The number of hydrogen-bond acceptors (Lipinski definition) is 2. The van der Waals surface area contributed by atoms with Gasteiger partial charge in [0.1, 0.15) is 17.2 Å². The molecule has 0 aliphatic carbocycles. The monoisotopic (exact) mass is 353 g/mol. The molecule has 0 N–H and O–H groups in total. The highest BCUT2D eigenvalue weighted by atomic mass is 79.9. The first-order chi connectivity index (χ1) is 9.61. The van der Waals surface area contributed by atoms with Gasteiger partial charge >= 0.3 is 0 Å². The fourth-order valence-corrected chi connectivity index (χ4v) is 2.69. The van der Waals surface area contributed by atoms with Gasteiger partial charge in [-0.2, -0.15) is 0 Å². The van der Waals surface area contributed by atoms with Crippen LogP contribution in [0.15, 0.2) is 34.9 Å². The summed E-state index contributed by atoms with van der Waals surface area (Å²) in [6, 6.07) is 6.90. The molecule has 0 amide bonds. The van der Waals surface area contributed by atoms with Crippen molar-refractivity contribution in [2.24, 2.45) is 0 Å². The third-order valence-electron chi connectivity index (χ3n) is 3.08. The first kappa shape index (κ1) is 13.5. The molecule has 0 saturated heterocycles. The van der Waals surface area contributed by atoms with E-state index in [1.807, 2.05) is 23.6 Å². The smallest absolute Gasteiger partial charge is 0.164 e. The summed E-state index contributed by atoms with van der Waals surface area (Å²) in [7, 11) is 0. The molecule has 0 bridgehead atoms. The van der Waals surface area contributed by atoms with Crippen molar-refractivity contribution in [2.45, 2.75) is 12.8 Å². The lowest BCUT2D eigenvalue weighted by Gasteiger charge is -2.11. The molecule has 0 atom stereocenters. The molecular formula is C14H10BrClFN3. The number of benzene rings is 1. The van der Waals surface area contributed by atoms with Crippen LogP contribution in [0.4, 0.5) is 4.39 Å². The van der Waals surface area contributed by atoms with Gasteiger partial charge < -0.3 is 0 Å². The van der Waals surface area contributed by atoms with Gasteiger partial charge in [-0.05, 0) is 52.7 Å². The van der Waals surface area contributed by atoms with Crippen molar-refractivity contribution in [3.05, 3.63) is 52.1 Å². The highest BCUT2D eigenvalue weighted by Crippen LogP contribution is 2.27. The summed E-state index contributed by atoms with van der Waals surface area (Å²) in [5.41, 5.74) is 3.09. The van der Waals surface area contributed by atoms with Crippen LogP contribution in [0.5, 0.6) is 0 Å². The summed E-state index contributed by atoms with van der Waals surface area (Å²) in [5.74, 6) is 0.642. The largest absolute Gasteiger partial charge is 0.279 e. The van der Waals surface area contributed by atoms with Gasteiger partial charge in [-0.3, -0.25) is 4.57 Å². The Morgan fingerprint density at radius 2 is 2.20 bits per heavy atom. The standard InChI is InChI=1S/C14H10BrClFN3/c1-8-5-10(17)9(15)6-12(8)20-13(7-16)19-11-3-2-4-18-14(11)20/h2-6H,7H2,1H3. The SMILES string of the molecule is Cc1cc(F)c(Br)cc1-n1c(CCl)nc2cccnc21. The summed E-state index contributed by atoms with van der Waals surface area (Å²) in [4.78, 5) is 8.81. The number of fused-ring (bicyclic) bond motifs is 1. The third-order valence-corrected chi connectivity index (χ3v) is 3.93. The predicted octanol–water partition coefficient (Wildman–Crippen LogP) is 4.37. The molecule has 0 spiro atoms. The summed E-state index contributed by atoms with van der Waals surface area (Å²) in [5, 5.41) is 0. The molecule has 102 valence electrons.